The molecule has 0 radical (unpaired) electrons. The Balaban J connectivity index is 2.43. The highest BCUT2D eigenvalue weighted by molar-refractivity contribution is 5.68. The van der Waals surface area contributed by atoms with Crippen molar-refractivity contribution < 1.29 is 9.53 Å². The first kappa shape index (κ1) is 13.3. The molecule has 0 aromatic heterocycles. The number of carbonyl (C=O) groups is 1. The number of hydrogen-bond acceptors (Lipinski definition) is 3. The van der Waals surface area contributed by atoms with E-state index in [2.05, 4.69) is 24.5 Å². The summed E-state index contributed by atoms with van der Waals surface area (Å²) < 4.78 is 5.24. The molecule has 1 rings (SSSR count). The molecule has 2 N–H and O–H groups in total. The Morgan fingerprint density at radius 3 is 2.25 bits per heavy atom. The predicted octanol–water partition coefficient (Wildman–Crippen LogP) is 1.90. The van der Waals surface area contributed by atoms with Crippen LogP contribution in [0.4, 0.5) is 4.79 Å². The van der Waals surface area contributed by atoms with E-state index in [-0.39, 0.29) is 17.6 Å². The fraction of sp³-hybridized carbons (Fsp3) is 0.917. The van der Waals surface area contributed by atoms with Crippen molar-refractivity contribution >= 4 is 6.09 Å². The van der Waals surface area contributed by atoms with Crippen molar-refractivity contribution in [3.8, 4) is 0 Å². The zero-order chi connectivity index (χ0) is 12.6. The highest BCUT2D eigenvalue weighted by Crippen LogP contribution is 2.40. The van der Waals surface area contributed by atoms with Crippen molar-refractivity contribution in [1.82, 2.24) is 10.6 Å². The normalized spacial score (nSPS) is 28.1. The average molecular weight is 228 g/mol. The molecule has 0 aromatic rings. The van der Waals surface area contributed by atoms with Crippen LogP contribution in [0, 0.1) is 5.41 Å². The second kappa shape index (κ2) is 4.24. The number of hydrogen-bond donors (Lipinski definition) is 2. The summed E-state index contributed by atoms with van der Waals surface area (Å²) >= 11 is 0. The molecule has 4 heteroatoms. The summed E-state index contributed by atoms with van der Waals surface area (Å²) in [6.07, 6.45) is 0.642. The van der Waals surface area contributed by atoms with Crippen LogP contribution in [0.5, 0.6) is 0 Å². The van der Waals surface area contributed by atoms with Gasteiger partial charge in [0, 0.05) is 17.5 Å². The molecule has 0 spiro atoms. The van der Waals surface area contributed by atoms with E-state index in [9.17, 15) is 4.79 Å². The van der Waals surface area contributed by atoms with Gasteiger partial charge in [-0.2, -0.15) is 0 Å². The first-order valence-corrected chi connectivity index (χ1v) is 5.83. The van der Waals surface area contributed by atoms with Crippen LogP contribution in [-0.4, -0.2) is 30.8 Å². The highest BCUT2D eigenvalue weighted by Gasteiger charge is 2.48. The van der Waals surface area contributed by atoms with Gasteiger partial charge >= 0.3 is 6.09 Å². The molecule has 1 saturated carbocycles. The first-order valence-electron chi connectivity index (χ1n) is 5.83. The fourth-order valence-electron chi connectivity index (χ4n) is 2.11. The summed E-state index contributed by atoms with van der Waals surface area (Å²) in [7, 11) is 1.95. The number of rotatable bonds is 2. The summed E-state index contributed by atoms with van der Waals surface area (Å²) in [5, 5.41) is 6.18. The zero-order valence-electron chi connectivity index (χ0n) is 11.2. The van der Waals surface area contributed by atoms with Crippen LogP contribution >= 0.6 is 0 Å². The van der Waals surface area contributed by atoms with Crippen LogP contribution in [0.3, 0.4) is 0 Å². The minimum atomic E-state index is -0.430. The molecule has 2 atom stereocenters. The summed E-state index contributed by atoms with van der Waals surface area (Å²) in [6, 6.07) is 0.659. The lowest BCUT2D eigenvalue weighted by atomic mass is 9.63. The molecule has 94 valence electrons. The number of carbonyl (C=O) groups excluding carboxylic acids is 1. The van der Waals surface area contributed by atoms with Gasteiger partial charge in [0.05, 0.1) is 0 Å². The highest BCUT2D eigenvalue weighted by atomic mass is 16.6. The maximum Gasteiger partial charge on any atom is 0.407 e. The Hall–Kier alpha value is -0.770. The Bertz CT molecular complexity index is 269. The van der Waals surface area contributed by atoms with E-state index < -0.39 is 5.60 Å². The third-order valence-corrected chi connectivity index (χ3v) is 3.31. The standard InChI is InChI=1S/C12H24N2O2/c1-11(2,3)16-10(15)14-9-7-8(13-6)12(9,4)5/h8-9,13H,7H2,1-6H3,(H,14,15). The molecule has 0 aromatic carbocycles. The van der Waals surface area contributed by atoms with Gasteiger partial charge in [-0.25, -0.2) is 4.79 Å². The maximum absolute atomic E-state index is 11.6. The van der Waals surface area contributed by atoms with Crippen molar-refractivity contribution in [2.24, 2.45) is 5.41 Å². The van der Waals surface area contributed by atoms with E-state index >= 15 is 0 Å². The molecule has 0 heterocycles. The summed E-state index contributed by atoms with van der Waals surface area (Å²) in [5.41, 5.74) is -0.341. The topological polar surface area (TPSA) is 50.4 Å². The molecule has 0 aliphatic heterocycles. The molecule has 16 heavy (non-hydrogen) atoms. The number of ether oxygens (including phenoxy) is 1. The minimum Gasteiger partial charge on any atom is -0.444 e. The second-order valence-corrected chi connectivity index (χ2v) is 6.10. The summed E-state index contributed by atoms with van der Waals surface area (Å²) in [6.45, 7) is 9.91. The Morgan fingerprint density at radius 2 is 1.88 bits per heavy atom. The number of alkyl carbamates (subject to hydrolysis) is 1. The van der Waals surface area contributed by atoms with Gasteiger partial charge in [0.25, 0.3) is 0 Å². The van der Waals surface area contributed by atoms with Crippen LogP contribution in [0.15, 0.2) is 0 Å². The molecule has 0 saturated heterocycles. The third-order valence-electron chi connectivity index (χ3n) is 3.31. The van der Waals surface area contributed by atoms with Gasteiger partial charge in [-0.05, 0) is 34.2 Å². The van der Waals surface area contributed by atoms with Crippen LogP contribution in [0.25, 0.3) is 0 Å². The molecule has 1 aliphatic carbocycles. The third kappa shape index (κ3) is 2.88. The van der Waals surface area contributed by atoms with E-state index in [0.29, 0.717) is 6.04 Å². The molecule has 0 bridgehead atoms. The van der Waals surface area contributed by atoms with Crippen molar-refractivity contribution in [3.63, 3.8) is 0 Å². The summed E-state index contributed by atoms with van der Waals surface area (Å²) in [5.74, 6) is 0. The van der Waals surface area contributed by atoms with Crippen LogP contribution in [-0.2, 0) is 4.74 Å². The van der Waals surface area contributed by atoms with Crippen LogP contribution in [0.2, 0.25) is 0 Å². The van der Waals surface area contributed by atoms with Gasteiger partial charge in [-0.3, -0.25) is 0 Å². The molecular formula is C12H24N2O2. The quantitative estimate of drug-likeness (QED) is 0.759. The fourth-order valence-corrected chi connectivity index (χ4v) is 2.11. The maximum atomic E-state index is 11.6. The van der Waals surface area contributed by atoms with Crippen molar-refractivity contribution in [2.75, 3.05) is 7.05 Å². The monoisotopic (exact) mass is 228 g/mol. The van der Waals surface area contributed by atoms with Gasteiger partial charge < -0.3 is 15.4 Å². The Morgan fingerprint density at radius 1 is 1.31 bits per heavy atom. The smallest absolute Gasteiger partial charge is 0.407 e. The SMILES string of the molecule is CNC1CC(NC(=O)OC(C)(C)C)C1(C)C. The largest absolute Gasteiger partial charge is 0.444 e. The van der Waals surface area contributed by atoms with Gasteiger partial charge in [0.15, 0.2) is 0 Å². The van der Waals surface area contributed by atoms with E-state index in [1.54, 1.807) is 0 Å². The Kier molecular flexibility index (Phi) is 3.53. The average Bonchev–Trinajstić information content (AvgIpc) is 2.08. The first-order chi connectivity index (χ1) is 7.16. The second-order valence-electron chi connectivity index (χ2n) is 6.10. The van der Waals surface area contributed by atoms with Gasteiger partial charge in [-0.1, -0.05) is 13.8 Å². The number of nitrogens with one attached hydrogen (secondary N) is 2. The Labute approximate surface area is 98.1 Å². The van der Waals surface area contributed by atoms with E-state index in [1.807, 2.05) is 27.8 Å². The van der Waals surface area contributed by atoms with E-state index in [1.165, 1.54) is 0 Å². The van der Waals surface area contributed by atoms with E-state index in [0.717, 1.165) is 6.42 Å². The number of amides is 1. The van der Waals surface area contributed by atoms with Crippen LogP contribution < -0.4 is 10.6 Å². The lowest BCUT2D eigenvalue weighted by Gasteiger charge is -2.52. The van der Waals surface area contributed by atoms with Gasteiger partial charge in [0.2, 0.25) is 0 Å². The van der Waals surface area contributed by atoms with Gasteiger partial charge in [0.1, 0.15) is 5.60 Å². The molecule has 2 unspecified atom stereocenters. The van der Waals surface area contributed by atoms with Crippen LogP contribution in [0.1, 0.15) is 41.0 Å². The van der Waals surface area contributed by atoms with Gasteiger partial charge in [-0.15, -0.1) is 0 Å². The van der Waals surface area contributed by atoms with Crippen molar-refractivity contribution in [2.45, 2.75) is 58.7 Å². The molecule has 1 aliphatic rings. The molecule has 1 fully saturated rings. The summed E-state index contributed by atoms with van der Waals surface area (Å²) in [4.78, 5) is 11.6. The molecule has 4 nitrogen and oxygen atoms in total. The lowest BCUT2D eigenvalue weighted by Crippen LogP contribution is -2.65. The van der Waals surface area contributed by atoms with Crippen molar-refractivity contribution in [3.05, 3.63) is 0 Å². The zero-order valence-corrected chi connectivity index (χ0v) is 11.2. The molecular weight excluding hydrogens is 204 g/mol. The predicted molar refractivity (Wildman–Crippen MR) is 64.4 cm³/mol. The lowest BCUT2D eigenvalue weighted by molar-refractivity contribution is 0.0187. The van der Waals surface area contributed by atoms with E-state index in [4.69, 9.17) is 4.74 Å². The molecule has 1 amide bonds. The van der Waals surface area contributed by atoms with Crippen molar-refractivity contribution in [1.29, 1.82) is 0 Å². The minimum absolute atomic E-state index is 0.0889.